The van der Waals surface area contributed by atoms with Crippen molar-refractivity contribution in [3.8, 4) is 0 Å². The van der Waals surface area contributed by atoms with Gasteiger partial charge in [-0.25, -0.2) is 0 Å². The van der Waals surface area contributed by atoms with Crippen LogP contribution in [0.5, 0.6) is 0 Å². The average Bonchev–Trinajstić information content (AvgIpc) is 2.90. The van der Waals surface area contributed by atoms with Crippen LogP contribution in [0.1, 0.15) is 91.9 Å². The molecule has 0 saturated heterocycles. The van der Waals surface area contributed by atoms with Crippen molar-refractivity contribution in [3.05, 3.63) is 0 Å². The molecule has 0 unspecified atom stereocenters. The molecular weight excluding hydrogens is 324 g/mol. The van der Waals surface area contributed by atoms with Crippen LogP contribution in [0.4, 0.5) is 0 Å². The molecule has 0 bridgehead atoms. The fourth-order valence-corrected chi connectivity index (χ4v) is 7.87. The molecule has 0 aromatic heterocycles. The number of esters is 1. The molecule has 0 spiro atoms. The van der Waals surface area contributed by atoms with Crippen LogP contribution in [0.15, 0.2) is 0 Å². The predicted octanol–water partition coefficient (Wildman–Crippen LogP) is 5.31. The van der Waals surface area contributed by atoms with Gasteiger partial charge in [-0.1, -0.05) is 20.8 Å². The minimum atomic E-state index is -0.227. The van der Waals surface area contributed by atoms with E-state index in [1.54, 1.807) is 6.92 Å². The first-order valence-electron chi connectivity index (χ1n) is 11.0. The Morgan fingerprint density at radius 3 is 2.54 bits per heavy atom. The van der Waals surface area contributed by atoms with E-state index >= 15 is 0 Å². The Morgan fingerprint density at radius 1 is 1.08 bits per heavy atom. The molecular formula is C23H36O3. The molecule has 0 amide bonds. The van der Waals surface area contributed by atoms with E-state index in [0.717, 1.165) is 50.4 Å². The van der Waals surface area contributed by atoms with Crippen molar-refractivity contribution in [2.75, 3.05) is 0 Å². The van der Waals surface area contributed by atoms with Gasteiger partial charge in [0.15, 0.2) is 0 Å². The third-order valence-corrected chi connectivity index (χ3v) is 9.52. The van der Waals surface area contributed by atoms with Crippen molar-refractivity contribution in [1.29, 1.82) is 0 Å². The van der Waals surface area contributed by atoms with E-state index in [4.69, 9.17) is 4.74 Å². The van der Waals surface area contributed by atoms with Crippen LogP contribution in [0.25, 0.3) is 0 Å². The molecule has 0 radical (unpaired) electrons. The van der Waals surface area contributed by atoms with E-state index in [-0.39, 0.29) is 17.0 Å². The van der Waals surface area contributed by atoms with Crippen LogP contribution in [0.2, 0.25) is 0 Å². The molecule has 0 N–H and O–H groups in total. The number of ether oxygens (including phenoxy) is 1. The van der Waals surface area contributed by atoms with Gasteiger partial charge in [0.05, 0.1) is 0 Å². The Kier molecular flexibility index (Phi) is 4.32. The fourth-order valence-electron chi connectivity index (χ4n) is 7.87. The molecule has 4 fully saturated rings. The van der Waals surface area contributed by atoms with Crippen molar-refractivity contribution in [2.45, 2.75) is 97.5 Å². The molecule has 3 nitrogen and oxygen atoms in total. The topological polar surface area (TPSA) is 43.4 Å². The van der Waals surface area contributed by atoms with E-state index in [1.165, 1.54) is 25.7 Å². The molecule has 4 aliphatic carbocycles. The fraction of sp³-hybridized carbons (Fsp3) is 0.913. The number of rotatable bonds is 2. The van der Waals surface area contributed by atoms with Crippen molar-refractivity contribution >= 4 is 11.8 Å². The summed E-state index contributed by atoms with van der Waals surface area (Å²) in [4.78, 5) is 24.2. The number of carbonyl (C=O) groups excluding carboxylic acids is 2. The monoisotopic (exact) mass is 360 g/mol. The van der Waals surface area contributed by atoms with Gasteiger partial charge in [-0.05, 0) is 86.9 Å². The third-order valence-electron chi connectivity index (χ3n) is 9.52. The first-order valence-corrected chi connectivity index (χ1v) is 11.0. The summed E-state index contributed by atoms with van der Waals surface area (Å²) < 4.78 is 5.87. The number of Topliss-reactive ketones (excluding diaryl/α,β-unsaturated/α-hetero) is 1. The second-order valence-corrected chi connectivity index (χ2v) is 10.4. The van der Waals surface area contributed by atoms with Crippen molar-refractivity contribution < 1.29 is 14.3 Å². The Hall–Kier alpha value is -0.860. The summed E-state index contributed by atoms with van der Waals surface area (Å²) >= 11 is 0. The summed E-state index contributed by atoms with van der Waals surface area (Å²) in [6.07, 6.45) is 11.0. The molecule has 146 valence electrons. The SMILES string of the molecule is CC[C@@]1(OC(C)=O)CC[C@@]2(C)[C@@H](CC[C@@H]3[C@H]2CC[C@]2(C)C(=O)CC[C@H]32)C1. The Bertz CT molecular complexity index is 613. The molecule has 26 heavy (non-hydrogen) atoms. The van der Waals surface area contributed by atoms with Gasteiger partial charge in [0.25, 0.3) is 0 Å². The highest BCUT2D eigenvalue weighted by Gasteiger charge is 2.61. The highest BCUT2D eigenvalue weighted by Crippen LogP contribution is 2.66. The lowest BCUT2D eigenvalue weighted by atomic mass is 9.44. The number of hydrogen-bond acceptors (Lipinski definition) is 3. The second-order valence-electron chi connectivity index (χ2n) is 10.4. The smallest absolute Gasteiger partial charge is 0.303 e. The zero-order valence-corrected chi connectivity index (χ0v) is 17.1. The summed E-state index contributed by atoms with van der Waals surface area (Å²) in [5, 5.41) is 0. The highest BCUT2D eigenvalue weighted by atomic mass is 16.6. The summed E-state index contributed by atoms with van der Waals surface area (Å²) in [5.74, 6) is 3.21. The predicted molar refractivity (Wildman–Crippen MR) is 102 cm³/mol. The molecule has 4 aliphatic rings. The second kappa shape index (κ2) is 6.07. The van der Waals surface area contributed by atoms with E-state index in [0.29, 0.717) is 23.0 Å². The first kappa shape index (κ1) is 18.5. The van der Waals surface area contributed by atoms with Crippen molar-refractivity contribution in [3.63, 3.8) is 0 Å². The Balaban J connectivity index is 1.58. The van der Waals surface area contributed by atoms with E-state index < -0.39 is 0 Å². The van der Waals surface area contributed by atoms with Gasteiger partial charge in [0, 0.05) is 18.8 Å². The molecule has 3 heteroatoms. The Labute approximate surface area is 158 Å². The van der Waals surface area contributed by atoms with Crippen LogP contribution < -0.4 is 0 Å². The van der Waals surface area contributed by atoms with Gasteiger partial charge in [-0.3, -0.25) is 9.59 Å². The van der Waals surface area contributed by atoms with E-state index in [1.807, 2.05) is 0 Å². The van der Waals surface area contributed by atoms with Crippen LogP contribution in [0.3, 0.4) is 0 Å². The third kappa shape index (κ3) is 2.52. The molecule has 0 aliphatic heterocycles. The normalized spacial score (nSPS) is 50.5. The van der Waals surface area contributed by atoms with Gasteiger partial charge in [0.2, 0.25) is 0 Å². The van der Waals surface area contributed by atoms with Crippen LogP contribution in [0, 0.1) is 34.5 Å². The standard InChI is InChI=1S/C23H36O3/c1-5-23(26-15(2)24)13-12-21(3)16(14-23)6-7-17-18-8-9-20(25)22(18,4)11-10-19(17)21/h16-19H,5-14H2,1-4H3/t16-,17-,18+,19+,21-,22-,23+/m0/s1. The quantitative estimate of drug-likeness (QED) is 0.627. The van der Waals surface area contributed by atoms with Gasteiger partial charge in [0.1, 0.15) is 11.4 Å². The lowest BCUT2D eigenvalue weighted by Crippen LogP contribution is -2.56. The minimum Gasteiger partial charge on any atom is -0.459 e. The summed E-state index contributed by atoms with van der Waals surface area (Å²) in [6.45, 7) is 8.52. The minimum absolute atomic E-state index is 0.0239. The summed E-state index contributed by atoms with van der Waals surface area (Å²) in [6, 6.07) is 0. The first-order chi connectivity index (χ1) is 12.2. The summed E-state index contributed by atoms with van der Waals surface area (Å²) in [5.41, 5.74) is 0.119. The molecule has 4 saturated carbocycles. The zero-order chi connectivity index (χ0) is 18.7. The highest BCUT2D eigenvalue weighted by molar-refractivity contribution is 5.87. The lowest BCUT2D eigenvalue weighted by Gasteiger charge is -2.61. The van der Waals surface area contributed by atoms with Crippen molar-refractivity contribution in [2.24, 2.45) is 34.5 Å². The lowest BCUT2D eigenvalue weighted by molar-refractivity contribution is -0.182. The molecule has 0 aromatic rings. The number of ketones is 1. The molecule has 7 atom stereocenters. The van der Waals surface area contributed by atoms with Crippen LogP contribution in [-0.4, -0.2) is 17.4 Å². The van der Waals surface area contributed by atoms with Crippen LogP contribution in [-0.2, 0) is 14.3 Å². The van der Waals surface area contributed by atoms with Gasteiger partial charge < -0.3 is 4.74 Å². The van der Waals surface area contributed by atoms with E-state index in [9.17, 15) is 9.59 Å². The number of hydrogen-bond donors (Lipinski definition) is 0. The maximum Gasteiger partial charge on any atom is 0.303 e. The maximum atomic E-state index is 12.5. The van der Waals surface area contributed by atoms with Gasteiger partial charge >= 0.3 is 5.97 Å². The number of carbonyl (C=O) groups is 2. The van der Waals surface area contributed by atoms with E-state index in [2.05, 4.69) is 20.8 Å². The zero-order valence-electron chi connectivity index (χ0n) is 17.1. The number of fused-ring (bicyclic) bond motifs is 5. The van der Waals surface area contributed by atoms with Crippen LogP contribution >= 0.6 is 0 Å². The molecule has 0 heterocycles. The maximum absolute atomic E-state index is 12.5. The van der Waals surface area contributed by atoms with Gasteiger partial charge in [-0.2, -0.15) is 0 Å². The summed E-state index contributed by atoms with van der Waals surface area (Å²) in [7, 11) is 0. The van der Waals surface area contributed by atoms with Crippen molar-refractivity contribution in [1.82, 2.24) is 0 Å². The largest absolute Gasteiger partial charge is 0.459 e. The Morgan fingerprint density at radius 2 is 1.85 bits per heavy atom. The van der Waals surface area contributed by atoms with Gasteiger partial charge in [-0.15, -0.1) is 0 Å². The molecule has 4 rings (SSSR count). The average molecular weight is 361 g/mol. The molecule has 0 aromatic carbocycles.